The average Bonchev–Trinajstić information content (AvgIpc) is 2.54. The lowest BCUT2D eigenvalue weighted by atomic mass is 10.1. The molecule has 1 aliphatic rings. The van der Waals surface area contributed by atoms with Gasteiger partial charge in [-0.15, -0.1) is 0 Å². The topological polar surface area (TPSA) is 79.7 Å². The molecule has 6 nitrogen and oxygen atoms in total. The largest absolute Gasteiger partial charge is 0.478 e. The maximum Gasteiger partial charge on any atom is 0.346 e. The molecule has 0 radical (unpaired) electrons. The summed E-state index contributed by atoms with van der Waals surface area (Å²) in [6, 6.07) is 10.2. The molecule has 0 fully saturated rings. The molecule has 106 valence electrons. The van der Waals surface area contributed by atoms with Crippen LogP contribution < -0.4 is 9.64 Å². The Kier molecular flexibility index (Phi) is 3.27. The highest BCUT2D eigenvalue weighted by atomic mass is 16.5. The molecule has 2 aromatic rings. The Morgan fingerprint density at radius 1 is 1.24 bits per heavy atom. The summed E-state index contributed by atoms with van der Waals surface area (Å²) in [6.45, 7) is -0.0416. The summed E-state index contributed by atoms with van der Waals surface area (Å²) in [5.74, 6) is -1.02. The Morgan fingerprint density at radius 3 is 2.76 bits per heavy atom. The quantitative estimate of drug-likeness (QED) is 0.905. The van der Waals surface area contributed by atoms with Gasteiger partial charge in [0.15, 0.2) is 0 Å². The molecule has 0 saturated heterocycles. The number of hydrogen-bond donors (Lipinski definition) is 1. The van der Waals surface area contributed by atoms with E-state index >= 15 is 0 Å². The van der Waals surface area contributed by atoms with Crippen LogP contribution in [0.5, 0.6) is 5.75 Å². The number of carboxylic acid groups (broad SMARTS) is 1. The van der Waals surface area contributed by atoms with Crippen molar-refractivity contribution in [1.29, 1.82) is 0 Å². The molecule has 0 aliphatic carbocycles. The minimum Gasteiger partial charge on any atom is -0.478 e. The number of amides is 1. The van der Waals surface area contributed by atoms with Crippen LogP contribution in [0.2, 0.25) is 0 Å². The number of carbonyl (C=O) groups excluding carboxylic acids is 1. The fourth-order valence-corrected chi connectivity index (χ4v) is 2.20. The van der Waals surface area contributed by atoms with E-state index in [1.807, 2.05) is 0 Å². The number of anilines is 1. The van der Waals surface area contributed by atoms with Crippen molar-refractivity contribution in [2.75, 3.05) is 11.4 Å². The lowest BCUT2D eigenvalue weighted by molar-refractivity contribution is -0.144. The van der Waals surface area contributed by atoms with Gasteiger partial charge in [0, 0.05) is 12.4 Å². The number of para-hydroxylation sites is 2. The fourth-order valence-electron chi connectivity index (χ4n) is 2.20. The number of carbonyl (C=O) groups is 2. The van der Waals surface area contributed by atoms with Crippen molar-refractivity contribution in [2.24, 2.45) is 0 Å². The second-order valence-corrected chi connectivity index (χ2v) is 4.57. The van der Waals surface area contributed by atoms with E-state index in [1.165, 1.54) is 11.1 Å². The Bertz CT molecular complexity index is 687. The van der Waals surface area contributed by atoms with Crippen molar-refractivity contribution in [3.8, 4) is 5.75 Å². The minimum absolute atomic E-state index is 0.0416. The van der Waals surface area contributed by atoms with Crippen molar-refractivity contribution in [3.63, 3.8) is 0 Å². The lowest BCUT2D eigenvalue weighted by Crippen LogP contribution is -2.47. The van der Waals surface area contributed by atoms with Crippen LogP contribution in [0.3, 0.4) is 0 Å². The van der Waals surface area contributed by atoms with E-state index in [0.717, 1.165) is 0 Å². The third-order valence-electron chi connectivity index (χ3n) is 3.20. The molecular weight excluding hydrogens is 272 g/mol. The highest BCUT2D eigenvalue weighted by Crippen LogP contribution is 2.33. The van der Waals surface area contributed by atoms with E-state index in [1.54, 1.807) is 42.6 Å². The van der Waals surface area contributed by atoms with Crippen LogP contribution in [0.15, 0.2) is 48.8 Å². The average molecular weight is 284 g/mol. The first kappa shape index (κ1) is 13.1. The summed E-state index contributed by atoms with van der Waals surface area (Å²) in [7, 11) is 0. The van der Waals surface area contributed by atoms with Gasteiger partial charge in [0.2, 0.25) is 6.10 Å². The molecule has 1 amide bonds. The molecule has 1 N–H and O–H groups in total. The van der Waals surface area contributed by atoms with Crippen LogP contribution in [0.1, 0.15) is 10.4 Å². The van der Waals surface area contributed by atoms with Crippen LogP contribution in [0, 0.1) is 0 Å². The Labute approximate surface area is 120 Å². The molecule has 1 atom stereocenters. The lowest BCUT2D eigenvalue weighted by Gasteiger charge is -2.33. The summed E-state index contributed by atoms with van der Waals surface area (Å²) in [5.41, 5.74) is 0.960. The zero-order valence-electron chi connectivity index (χ0n) is 11.0. The summed E-state index contributed by atoms with van der Waals surface area (Å²) < 4.78 is 5.40. The predicted octanol–water partition coefficient (Wildman–Crippen LogP) is 1.57. The summed E-state index contributed by atoms with van der Waals surface area (Å²) in [5, 5.41) is 9.16. The molecule has 1 aromatic heterocycles. The van der Waals surface area contributed by atoms with E-state index in [0.29, 0.717) is 17.0 Å². The smallest absolute Gasteiger partial charge is 0.346 e. The number of hydrogen-bond acceptors (Lipinski definition) is 4. The first-order valence-electron chi connectivity index (χ1n) is 6.37. The van der Waals surface area contributed by atoms with Gasteiger partial charge in [-0.2, -0.15) is 0 Å². The molecule has 1 unspecified atom stereocenters. The number of pyridine rings is 1. The molecular formula is C15H12N2O4. The third kappa shape index (κ3) is 2.43. The van der Waals surface area contributed by atoms with Crippen LogP contribution in [0.4, 0.5) is 5.69 Å². The summed E-state index contributed by atoms with van der Waals surface area (Å²) >= 11 is 0. The van der Waals surface area contributed by atoms with E-state index in [-0.39, 0.29) is 12.5 Å². The Balaban J connectivity index is 2.00. The number of benzene rings is 1. The molecule has 1 aromatic carbocycles. The maximum atomic E-state index is 12.6. The normalized spacial score (nSPS) is 16.8. The van der Waals surface area contributed by atoms with Gasteiger partial charge in [0.25, 0.3) is 5.91 Å². The van der Waals surface area contributed by atoms with Crippen molar-refractivity contribution >= 4 is 17.6 Å². The van der Waals surface area contributed by atoms with E-state index < -0.39 is 12.1 Å². The molecule has 6 heteroatoms. The number of ether oxygens (including phenoxy) is 1. The molecule has 21 heavy (non-hydrogen) atoms. The zero-order valence-corrected chi connectivity index (χ0v) is 11.0. The maximum absolute atomic E-state index is 12.6. The van der Waals surface area contributed by atoms with E-state index in [9.17, 15) is 9.59 Å². The van der Waals surface area contributed by atoms with Gasteiger partial charge in [-0.3, -0.25) is 9.78 Å². The monoisotopic (exact) mass is 284 g/mol. The minimum atomic E-state index is -1.10. The summed E-state index contributed by atoms with van der Waals surface area (Å²) in [6.07, 6.45) is 1.95. The Morgan fingerprint density at radius 2 is 2.05 bits per heavy atom. The van der Waals surface area contributed by atoms with Crippen molar-refractivity contribution < 1.29 is 19.4 Å². The van der Waals surface area contributed by atoms with Gasteiger partial charge >= 0.3 is 5.97 Å². The van der Waals surface area contributed by atoms with Gasteiger partial charge in [-0.05, 0) is 24.3 Å². The van der Waals surface area contributed by atoms with Crippen LogP contribution >= 0.6 is 0 Å². The van der Waals surface area contributed by atoms with Crippen LogP contribution in [-0.2, 0) is 4.79 Å². The number of nitrogens with zero attached hydrogens (tertiary/aromatic N) is 2. The van der Waals surface area contributed by atoms with Crippen molar-refractivity contribution in [3.05, 3.63) is 54.4 Å². The van der Waals surface area contributed by atoms with Crippen LogP contribution in [-0.4, -0.2) is 34.6 Å². The molecule has 0 bridgehead atoms. The number of carboxylic acids is 1. The number of aliphatic carboxylic acids is 1. The summed E-state index contributed by atoms with van der Waals surface area (Å²) in [4.78, 5) is 29.1. The van der Waals surface area contributed by atoms with Crippen molar-refractivity contribution in [2.45, 2.75) is 6.10 Å². The highest BCUT2D eigenvalue weighted by Gasteiger charge is 2.33. The molecule has 3 rings (SSSR count). The third-order valence-corrected chi connectivity index (χ3v) is 3.20. The number of rotatable bonds is 2. The van der Waals surface area contributed by atoms with Gasteiger partial charge in [-0.1, -0.05) is 12.1 Å². The second-order valence-electron chi connectivity index (χ2n) is 4.57. The molecule has 1 aliphatic heterocycles. The Hall–Kier alpha value is -2.89. The first-order chi connectivity index (χ1) is 10.2. The fraction of sp³-hybridized carbons (Fsp3) is 0.133. The zero-order chi connectivity index (χ0) is 14.8. The van der Waals surface area contributed by atoms with Gasteiger partial charge in [0.1, 0.15) is 5.75 Å². The predicted molar refractivity (Wildman–Crippen MR) is 74.4 cm³/mol. The number of fused-ring (bicyclic) bond motifs is 1. The van der Waals surface area contributed by atoms with E-state index in [2.05, 4.69) is 4.98 Å². The molecule has 0 spiro atoms. The van der Waals surface area contributed by atoms with Crippen molar-refractivity contribution in [1.82, 2.24) is 4.98 Å². The standard InChI is InChI=1S/C15H12N2O4/c18-14(10-4-3-7-16-8-10)17-9-13(15(19)20)21-12-6-2-1-5-11(12)17/h1-8,13H,9H2,(H,19,20). The van der Waals surface area contributed by atoms with Gasteiger partial charge < -0.3 is 14.7 Å². The van der Waals surface area contributed by atoms with Crippen LogP contribution in [0.25, 0.3) is 0 Å². The highest BCUT2D eigenvalue weighted by molar-refractivity contribution is 6.07. The SMILES string of the molecule is O=C(O)C1CN(C(=O)c2cccnc2)c2ccccc2O1. The molecule has 0 saturated carbocycles. The second kappa shape index (κ2) is 5.24. The van der Waals surface area contributed by atoms with E-state index in [4.69, 9.17) is 9.84 Å². The van der Waals surface area contributed by atoms with Gasteiger partial charge in [-0.25, -0.2) is 4.79 Å². The molecule has 2 heterocycles. The van der Waals surface area contributed by atoms with Gasteiger partial charge in [0.05, 0.1) is 17.8 Å². The first-order valence-corrected chi connectivity index (χ1v) is 6.37. The number of aromatic nitrogens is 1.